The lowest BCUT2D eigenvalue weighted by Gasteiger charge is -2.36. The van der Waals surface area contributed by atoms with E-state index in [1.54, 1.807) is 10.8 Å². The molecule has 0 spiro atoms. The summed E-state index contributed by atoms with van der Waals surface area (Å²) in [5.74, 6) is -2.22. The topological polar surface area (TPSA) is 60.3 Å². The predicted octanol–water partition coefficient (Wildman–Crippen LogP) is 5.52. The van der Waals surface area contributed by atoms with Gasteiger partial charge >= 0.3 is 12.1 Å². The van der Waals surface area contributed by atoms with E-state index in [9.17, 15) is 22.2 Å². The van der Waals surface area contributed by atoms with Crippen LogP contribution in [0.3, 0.4) is 0 Å². The summed E-state index contributed by atoms with van der Waals surface area (Å²) < 4.78 is 59.7. The first-order valence-corrected chi connectivity index (χ1v) is 15.4. The first kappa shape index (κ1) is 26.8. The fourth-order valence-corrected chi connectivity index (χ4v) is 5.09. The van der Waals surface area contributed by atoms with Crippen LogP contribution in [-0.4, -0.2) is 40.8 Å². The molecule has 1 aromatic carbocycles. The molecule has 1 unspecified atom stereocenters. The molecular weight excluding hydrogens is 481 g/mol. The van der Waals surface area contributed by atoms with Crippen molar-refractivity contribution in [1.82, 2.24) is 9.29 Å². The van der Waals surface area contributed by atoms with E-state index in [4.69, 9.17) is 16.0 Å². The lowest BCUT2D eigenvalue weighted by Crippen LogP contribution is -2.40. The SMILES string of the molecule is CC(C)(C)[Si](C)(C)OCc1cc2cc(Cl)ccc2n1CCC=S(C)(=O)NC(=O)C(F)(F)F. The summed E-state index contributed by atoms with van der Waals surface area (Å²) in [7, 11) is -5.31. The highest BCUT2D eigenvalue weighted by atomic mass is 35.5. The monoisotopic (exact) mass is 510 g/mol. The summed E-state index contributed by atoms with van der Waals surface area (Å²) in [6.45, 7) is 11.5. The number of aryl methyl sites for hydroxylation is 1. The molecule has 0 bridgehead atoms. The molecule has 2 aromatic rings. The second-order valence-corrected chi connectivity index (χ2v) is 16.9. The lowest BCUT2D eigenvalue weighted by atomic mass is 10.2. The van der Waals surface area contributed by atoms with Gasteiger partial charge in [-0.3, -0.25) is 9.52 Å². The van der Waals surface area contributed by atoms with Crippen molar-refractivity contribution in [2.24, 2.45) is 0 Å². The number of benzene rings is 1. The number of nitrogens with zero attached hydrogens (tertiary/aromatic N) is 1. The van der Waals surface area contributed by atoms with E-state index in [2.05, 4.69) is 33.9 Å². The molecule has 2 rings (SSSR count). The number of fused-ring (bicyclic) bond motifs is 1. The summed E-state index contributed by atoms with van der Waals surface area (Å²) in [5, 5.41) is 2.75. The Labute approximate surface area is 193 Å². The van der Waals surface area contributed by atoms with Crippen molar-refractivity contribution in [2.75, 3.05) is 6.26 Å². The van der Waals surface area contributed by atoms with Crippen LogP contribution < -0.4 is 4.72 Å². The van der Waals surface area contributed by atoms with Gasteiger partial charge in [-0.2, -0.15) is 13.2 Å². The first-order valence-electron chi connectivity index (χ1n) is 10.1. The third-order valence-corrected chi connectivity index (χ3v) is 11.9. The Balaban J connectivity index is 2.29. The lowest BCUT2D eigenvalue weighted by molar-refractivity contribution is -0.171. The van der Waals surface area contributed by atoms with Gasteiger partial charge in [-0.15, -0.1) is 0 Å². The molecule has 32 heavy (non-hydrogen) atoms. The van der Waals surface area contributed by atoms with Crippen molar-refractivity contribution < 1.29 is 26.6 Å². The van der Waals surface area contributed by atoms with Gasteiger partial charge in [0.2, 0.25) is 0 Å². The maximum Gasteiger partial charge on any atom is 0.472 e. The molecule has 1 atom stereocenters. The van der Waals surface area contributed by atoms with Gasteiger partial charge < -0.3 is 8.99 Å². The number of nitrogens with one attached hydrogen (secondary N) is 1. The van der Waals surface area contributed by atoms with Crippen LogP contribution in [0.15, 0.2) is 24.3 Å². The molecule has 0 aliphatic rings. The van der Waals surface area contributed by atoms with Gasteiger partial charge in [-0.1, -0.05) is 32.4 Å². The molecule has 1 aromatic heterocycles. The van der Waals surface area contributed by atoms with E-state index < -0.39 is 30.1 Å². The Kier molecular flexibility index (Phi) is 7.86. The standard InChI is InChI=1S/C21H30ClF3N2O3SSi/c1-20(2,3)32(5,6)30-14-17-13-15-12-16(22)8-9-18(15)27(17)10-7-11-31(4,29)26-19(28)21(23,24)25/h8-9,11-13H,7,10,14H2,1-6H3,(H,26,28,29). The summed E-state index contributed by atoms with van der Waals surface area (Å²) in [6, 6.07) is 7.43. The zero-order valence-corrected chi connectivity index (χ0v) is 21.7. The van der Waals surface area contributed by atoms with E-state index >= 15 is 0 Å². The molecule has 0 saturated carbocycles. The van der Waals surface area contributed by atoms with Crippen LogP contribution in [0.4, 0.5) is 13.2 Å². The second kappa shape index (κ2) is 9.40. The van der Waals surface area contributed by atoms with Crippen molar-refractivity contribution >= 4 is 51.8 Å². The normalized spacial score (nSPS) is 14.9. The Morgan fingerprint density at radius 2 is 1.88 bits per heavy atom. The van der Waals surface area contributed by atoms with Gasteiger partial charge in [0.1, 0.15) is 0 Å². The molecular formula is C21H30ClF3N2O3SSi. The fraction of sp³-hybridized carbons (Fsp3) is 0.524. The van der Waals surface area contributed by atoms with Crippen molar-refractivity contribution in [3.05, 3.63) is 35.0 Å². The number of amides is 1. The van der Waals surface area contributed by atoms with Gasteiger partial charge in [-0.25, -0.2) is 4.21 Å². The fourth-order valence-electron chi connectivity index (χ4n) is 2.84. The zero-order valence-electron chi connectivity index (χ0n) is 19.1. The minimum Gasteiger partial charge on any atom is -0.411 e. The second-order valence-electron chi connectivity index (χ2n) is 9.33. The Hall–Kier alpha value is -1.49. The largest absolute Gasteiger partial charge is 0.472 e. The van der Waals surface area contributed by atoms with Crippen LogP contribution in [0.1, 0.15) is 32.9 Å². The number of carbonyl (C=O) groups is 1. The average molecular weight is 511 g/mol. The number of hydrogen-bond donors (Lipinski definition) is 1. The Morgan fingerprint density at radius 3 is 2.44 bits per heavy atom. The maximum absolute atomic E-state index is 12.5. The van der Waals surface area contributed by atoms with Crippen LogP contribution in [0.5, 0.6) is 0 Å². The molecule has 1 amide bonds. The molecule has 1 heterocycles. The smallest absolute Gasteiger partial charge is 0.411 e. The van der Waals surface area contributed by atoms with Gasteiger partial charge in [0, 0.05) is 44.1 Å². The van der Waals surface area contributed by atoms with Crippen molar-refractivity contribution in [1.29, 1.82) is 0 Å². The van der Waals surface area contributed by atoms with E-state index in [0.717, 1.165) is 22.9 Å². The van der Waals surface area contributed by atoms with E-state index in [0.29, 0.717) is 18.2 Å². The summed E-state index contributed by atoms with van der Waals surface area (Å²) in [5.41, 5.74) is 1.78. The van der Waals surface area contributed by atoms with Crippen LogP contribution >= 0.6 is 11.6 Å². The van der Waals surface area contributed by atoms with Crippen molar-refractivity contribution in [3.8, 4) is 0 Å². The molecule has 1 N–H and O–H groups in total. The third kappa shape index (κ3) is 6.76. The minimum absolute atomic E-state index is 0.0331. The van der Waals surface area contributed by atoms with Gasteiger partial charge in [0.05, 0.1) is 6.61 Å². The highest BCUT2D eigenvalue weighted by molar-refractivity contribution is 7.99. The van der Waals surface area contributed by atoms with Crippen LogP contribution in [0, 0.1) is 0 Å². The molecule has 0 fully saturated rings. The number of rotatable bonds is 7. The number of halogens is 4. The van der Waals surface area contributed by atoms with Gasteiger partial charge in [0.25, 0.3) is 0 Å². The van der Waals surface area contributed by atoms with Gasteiger partial charge in [0.15, 0.2) is 8.32 Å². The molecule has 11 heteroatoms. The number of alkyl halides is 3. The maximum atomic E-state index is 12.5. The van der Waals surface area contributed by atoms with E-state index in [1.165, 1.54) is 5.37 Å². The molecule has 5 nitrogen and oxygen atoms in total. The number of carbonyl (C=O) groups excluding carboxylic acids is 1. The van der Waals surface area contributed by atoms with Gasteiger partial charge in [-0.05, 0) is 54.2 Å². The van der Waals surface area contributed by atoms with Crippen molar-refractivity contribution in [2.45, 2.75) is 64.7 Å². The van der Waals surface area contributed by atoms with Crippen molar-refractivity contribution in [3.63, 3.8) is 0 Å². The summed E-state index contributed by atoms with van der Waals surface area (Å²) >= 11 is 6.13. The van der Waals surface area contributed by atoms with E-state index in [-0.39, 0.29) is 11.5 Å². The molecule has 0 saturated heterocycles. The average Bonchev–Trinajstić information content (AvgIpc) is 2.94. The third-order valence-electron chi connectivity index (χ3n) is 5.68. The van der Waals surface area contributed by atoms with Crippen LogP contribution in [0.25, 0.3) is 10.9 Å². The zero-order chi connectivity index (χ0) is 24.5. The molecule has 0 aliphatic heterocycles. The number of aromatic nitrogens is 1. The van der Waals surface area contributed by atoms with E-state index in [1.807, 2.05) is 22.8 Å². The molecule has 180 valence electrons. The van der Waals surface area contributed by atoms with Crippen LogP contribution in [-0.2, 0) is 32.1 Å². The first-order chi connectivity index (χ1) is 14.4. The minimum atomic E-state index is -5.09. The molecule has 0 aliphatic carbocycles. The molecule has 0 radical (unpaired) electrons. The predicted molar refractivity (Wildman–Crippen MR) is 128 cm³/mol. The quantitative estimate of drug-likeness (QED) is 0.394. The highest BCUT2D eigenvalue weighted by Crippen LogP contribution is 2.37. The Morgan fingerprint density at radius 1 is 1.25 bits per heavy atom. The highest BCUT2D eigenvalue weighted by Gasteiger charge is 2.39. The summed E-state index contributed by atoms with van der Waals surface area (Å²) in [4.78, 5) is 11.1. The number of hydrogen-bond acceptors (Lipinski definition) is 3. The van der Waals surface area contributed by atoms with Crippen LogP contribution in [0.2, 0.25) is 23.2 Å². The Bertz CT molecular complexity index is 1110. The summed E-state index contributed by atoms with van der Waals surface area (Å²) in [6.07, 6.45) is -3.82.